The maximum absolute atomic E-state index is 12.5. The summed E-state index contributed by atoms with van der Waals surface area (Å²) in [5, 5.41) is 14.4. The van der Waals surface area contributed by atoms with E-state index in [0.717, 1.165) is 34.7 Å². The Morgan fingerprint density at radius 2 is 1.87 bits per heavy atom. The second-order valence-electron chi connectivity index (χ2n) is 6.31. The van der Waals surface area contributed by atoms with E-state index >= 15 is 0 Å². The number of aromatic nitrogens is 1. The van der Waals surface area contributed by atoms with Gasteiger partial charge in [0.2, 0.25) is 0 Å². The highest BCUT2D eigenvalue weighted by Gasteiger charge is 2.13. The van der Waals surface area contributed by atoms with Crippen molar-refractivity contribution in [1.82, 2.24) is 4.98 Å². The summed E-state index contributed by atoms with van der Waals surface area (Å²) in [6.07, 6.45) is 2.47. The van der Waals surface area contributed by atoms with Gasteiger partial charge in [0, 0.05) is 10.9 Å². The Morgan fingerprint density at radius 1 is 1.17 bits per heavy atom. The molecular weight excluding hydrogens is 398 g/mol. The highest BCUT2D eigenvalue weighted by Crippen LogP contribution is 2.27. The van der Waals surface area contributed by atoms with E-state index in [1.165, 1.54) is 17.4 Å². The van der Waals surface area contributed by atoms with Crippen LogP contribution in [0.1, 0.15) is 18.9 Å². The SMILES string of the molecule is CCCOc1ccc(/C=C(\C#N)C(=O)Nc2nc(-c3ccc(OC)cc3)cs2)cc1. The van der Waals surface area contributed by atoms with E-state index < -0.39 is 5.91 Å². The molecule has 6 nitrogen and oxygen atoms in total. The molecule has 0 spiro atoms. The minimum atomic E-state index is -0.501. The smallest absolute Gasteiger partial charge is 0.268 e. The summed E-state index contributed by atoms with van der Waals surface area (Å²) in [5.74, 6) is 1.02. The number of carbonyl (C=O) groups is 1. The third-order valence-electron chi connectivity index (χ3n) is 4.14. The third-order valence-corrected chi connectivity index (χ3v) is 4.90. The van der Waals surface area contributed by atoms with Crippen LogP contribution in [0.15, 0.2) is 59.5 Å². The van der Waals surface area contributed by atoms with Crippen molar-refractivity contribution in [2.24, 2.45) is 0 Å². The van der Waals surface area contributed by atoms with Gasteiger partial charge < -0.3 is 9.47 Å². The van der Waals surface area contributed by atoms with Crippen LogP contribution in [0.25, 0.3) is 17.3 Å². The summed E-state index contributed by atoms with van der Waals surface area (Å²) in [6.45, 7) is 2.69. The van der Waals surface area contributed by atoms with E-state index in [9.17, 15) is 10.1 Å². The molecule has 3 rings (SSSR count). The molecule has 1 heterocycles. The molecular formula is C23H21N3O3S. The van der Waals surface area contributed by atoms with Gasteiger partial charge in [-0.3, -0.25) is 10.1 Å². The van der Waals surface area contributed by atoms with Gasteiger partial charge in [0.1, 0.15) is 23.1 Å². The fraction of sp³-hybridized carbons (Fsp3) is 0.174. The Bertz CT molecular complexity index is 1060. The van der Waals surface area contributed by atoms with Crippen molar-refractivity contribution >= 4 is 28.5 Å². The summed E-state index contributed by atoms with van der Waals surface area (Å²) in [4.78, 5) is 16.9. The lowest BCUT2D eigenvalue weighted by Crippen LogP contribution is -2.13. The molecule has 0 saturated heterocycles. The zero-order chi connectivity index (χ0) is 21.3. The number of amides is 1. The second-order valence-corrected chi connectivity index (χ2v) is 7.17. The number of rotatable bonds is 8. The summed E-state index contributed by atoms with van der Waals surface area (Å²) in [7, 11) is 1.61. The molecule has 0 fully saturated rings. The molecule has 152 valence electrons. The maximum Gasteiger partial charge on any atom is 0.268 e. The van der Waals surface area contributed by atoms with Crippen molar-refractivity contribution in [1.29, 1.82) is 5.26 Å². The van der Waals surface area contributed by atoms with Gasteiger partial charge in [-0.05, 0) is 54.5 Å². The second kappa shape index (κ2) is 10.2. The molecule has 0 atom stereocenters. The number of anilines is 1. The average Bonchev–Trinajstić information content (AvgIpc) is 3.25. The van der Waals surface area contributed by atoms with Gasteiger partial charge in [0.25, 0.3) is 5.91 Å². The van der Waals surface area contributed by atoms with Crippen LogP contribution in [0.3, 0.4) is 0 Å². The van der Waals surface area contributed by atoms with Crippen molar-refractivity contribution in [2.45, 2.75) is 13.3 Å². The number of hydrogen-bond acceptors (Lipinski definition) is 6. The number of ether oxygens (including phenoxy) is 2. The molecule has 0 saturated carbocycles. The number of nitriles is 1. The highest BCUT2D eigenvalue weighted by atomic mass is 32.1. The van der Waals surface area contributed by atoms with Gasteiger partial charge in [0.15, 0.2) is 5.13 Å². The van der Waals surface area contributed by atoms with Crippen LogP contribution in [0, 0.1) is 11.3 Å². The number of benzene rings is 2. The summed E-state index contributed by atoms with van der Waals surface area (Å²) >= 11 is 1.30. The number of thiazole rings is 1. The Balaban J connectivity index is 1.68. The van der Waals surface area contributed by atoms with E-state index in [2.05, 4.69) is 10.3 Å². The van der Waals surface area contributed by atoms with Crippen LogP contribution in [0.4, 0.5) is 5.13 Å². The van der Waals surface area contributed by atoms with Gasteiger partial charge in [-0.1, -0.05) is 19.1 Å². The molecule has 1 amide bonds. The first-order chi connectivity index (χ1) is 14.6. The standard InChI is InChI=1S/C23H21N3O3S/c1-3-12-29-20-8-4-16(5-9-20)13-18(14-24)22(27)26-23-25-21(15-30-23)17-6-10-19(28-2)11-7-17/h4-11,13,15H,3,12H2,1-2H3,(H,25,26,27)/b18-13+. The first kappa shape index (κ1) is 21.1. The fourth-order valence-corrected chi connectivity index (χ4v) is 3.30. The highest BCUT2D eigenvalue weighted by molar-refractivity contribution is 7.14. The molecule has 0 aliphatic heterocycles. The monoisotopic (exact) mass is 419 g/mol. The molecule has 0 aliphatic carbocycles. The predicted molar refractivity (Wildman–Crippen MR) is 119 cm³/mol. The van der Waals surface area contributed by atoms with Crippen molar-refractivity contribution in [2.75, 3.05) is 19.0 Å². The van der Waals surface area contributed by atoms with E-state index in [0.29, 0.717) is 11.7 Å². The molecule has 30 heavy (non-hydrogen) atoms. The largest absolute Gasteiger partial charge is 0.497 e. The number of methoxy groups -OCH3 is 1. The predicted octanol–water partition coefficient (Wildman–Crippen LogP) is 5.15. The quantitative estimate of drug-likeness (QED) is 0.403. The third kappa shape index (κ3) is 5.46. The zero-order valence-electron chi connectivity index (χ0n) is 16.7. The van der Waals surface area contributed by atoms with Gasteiger partial charge in [-0.2, -0.15) is 5.26 Å². The van der Waals surface area contributed by atoms with Crippen molar-refractivity contribution in [3.63, 3.8) is 0 Å². The van der Waals surface area contributed by atoms with Crippen molar-refractivity contribution < 1.29 is 14.3 Å². The van der Waals surface area contributed by atoms with Gasteiger partial charge in [-0.25, -0.2) is 4.98 Å². The lowest BCUT2D eigenvalue weighted by molar-refractivity contribution is -0.112. The number of hydrogen-bond donors (Lipinski definition) is 1. The van der Waals surface area contributed by atoms with Gasteiger partial charge in [0.05, 0.1) is 19.4 Å². The molecule has 2 aromatic carbocycles. The van der Waals surface area contributed by atoms with Crippen LogP contribution in [0.5, 0.6) is 11.5 Å². The van der Waals surface area contributed by atoms with Crippen molar-refractivity contribution in [3.05, 3.63) is 65.0 Å². The molecule has 0 unspecified atom stereocenters. The van der Waals surface area contributed by atoms with E-state index in [-0.39, 0.29) is 5.57 Å². The van der Waals surface area contributed by atoms with Gasteiger partial charge in [-0.15, -0.1) is 11.3 Å². The van der Waals surface area contributed by atoms with E-state index in [1.807, 2.05) is 54.8 Å². The Hall–Kier alpha value is -3.63. The van der Waals surface area contributed by atoms with Crippen LogP contribution in [0.2, 0.25) is 0 Å². The Kier molecular flexibility index (Phi) is 7.19. The van der Waals surface area contributed by atoms with Crippen LogP contribution < -0.4 is 14.8 Å². The molecule has 1 N–H and O–H groups in total. The number of nitrogens with one attached hydrogen (secondary N) is 1. The van der Waals surface area contributed by atoms with Crippen LogP contribution >= 0.6 is 11.3 Å². The van der Waals surface area contributed by atoms with Crippen LogP contribution in [-0.4, -0.2) is 24.6 Å². The topological polar surface area (TPSA) is 84.2 Å². The molecule has 0 bridgehead atoms. The first-order valence-electron chi connectivity index (χ1n) is 9.39. The van der Waals surface area contributed by atoms with Gasteiger partial charge >= 0.3 is 0 Å². The summed E-state index contributed by atoms with van der Waals surface area (Å²) in [6, 6.07) is 16.7. The fourth-order valence-electron chi connectivity index (χ4n) is 2.59. The number of nitrogens with zero attached hydrogens (tertiary/aromatic N) is 2. The molecule has 0 radical (unpaired) electrons. The summed E-state index contributed by atoms with van der Waals surface area (Å²) < 4.78 is 10.7. The van der Waals surface area contributed by atoms with Crippen LogP contribution in [-0.2, 0) is 4.79 Å². The average molecular weight is 420 g/mol. The minimum absolute atomic E-state index is 0.00146. The minimum Gasteiger partial charge on any atom is -0.497 e. The lowest BCUT2D eigenvalue weighted by atomic mass is 10.1. The van der Waals surface area contributed by atoms with E-state index in [1.54, 1.807) is 19.2 Å². The molecule has 1 aromatic heterocycles. The van der Waals surface area contributed by atoms with Crippen molar-refractivity contribution in [3.8, 4) is 28.8 Å². The Labute approximate surface area is 179 Å². The maximum atomic E-state index is 12.5. The molecule has 3 aromatic rings. The molecule has 0 aliphatic rings. The zero-order valence-corrected chi connectivity index (χ0v) is 17.5. The lowest BCUT2D eigenvalue weighted by Gasteiger charge is -2.04. The summed E-state index contributed by atoms with van der Waals surface area (Å²) in [5.41, 5.74) is 2.39. The van der Waals surface area contributed by atoms with E-state index in [4.69, 9.17) is 9.47 Å². The first-order valence-corrected chi connectivity index (χ1v) is 10.3. The normalized spacial score (nSPS) is 10.9. The molecule has 7 heteroatoms. The number of carbonyl (C=O) groups excluding carboxylic acids is 1. The Morgan fingerprint density at radius 3 is 2.50 bits per heavy atom.